The van der Waals surface area contributed by atoms with Gasteiger partial charge in [-0.2, -0.15) is 0 Å². The fourth-order valence-electron chi connectivity index (χ4n) is 2.19. The topological polar surface area (TPSA) is 81.8 Å². The van der Waals surface area contributed by atoms with Crippen molar-refractivity contribution in [3.05, 3.63) is 48.5 Å². The molecule has 0 saturated heterocycles. The molecule has 7 heteroatoms. The van der Waals surface area contributed by atoms with Gasteiger partial charge in [0, 0.05) is 50.7 Å². The number of benzene rings is 2. The van der Waals surface area contributed by atoms with Gasteiger partial charge in [-0.05, 0) is 48.5 Å². The van der Waals surface area contributed by atoms with E-state index in [0.29, 0.717) is 11.4 Å². The molecule has 4 amide bonds. The minimum absolute atomic E-state index is 0.0673. The Kier molecular flexibility index (Phi) is 5.95. The van der Waals surface area contributed by atoms with Crippen molar-refractivity contribution in [2.75, 3.05) is 34.5 Å². The molecule has 0 heterocycles. The van der Waals surface area contributed by atoms with Crippen LogP contribution in [0.4, 0.5) is 27.5 Å². The Hall–Kier alpha value is -3.35. The van der Waals surface area contributed by atoms with Crippen molar-refractivity contribution in [3.63, 3.8) is 0 Å². The van der Waals surface area contributed by atoms with Crippen LogP contribution in [0.2, 0.25) is 0 Å². The van der Waals surface area contributed by atoms with Gasteiger partial charge in [0.1, 0.15) is 0 Å². The van der Waals surface area contributed by atoms with Gasteiger partial charge in [0.15, 0.2) is 0 Å². The highest BCUT2D eigenvalue weighted by molar-refractivity contribution is 6.00. The summed E-state index contributed by atoms with van der Waals surface area (Å²) in [5.74, 6) is -0.135. The predicted octanol–water partition coefficient (Wildman–Crippen LogP) is 3.30. The average molecular weight is 354 g/mol. The molecule has 0 aromatic heterocycles. The highest BCUT2D eigenvalue weighted by Crippen LogP contribution is 2.19. The van der Waals surface area contributed by atoms with Crippen LogP contribution in [0, 0.1) is 0 Å². The summed E-state index contributed by atoms with van der Waals surface area (Å²) in [5.41, 5.74) is 2.70. The molecule has 0 aliphatic rings. The SMILES string of the molecule is CC(=O)N(C)c1ccc(NC(=O)Nc2ccc(N(C)C(C)=O)cc2)cc1. The summed E-state index contributed by atoms with van der Waals surface area (Å²) in [6.07, 6.45) is 0. The molecule has 0 atom stereocenters. The Morgan fingerprint density at radius 1 is 0.654 bits per heavy atom. The van der Waals surface area contributed by atoms with E-state index in [4.69, 9.17) is 0 Å². The number of amides is 4. The molecule has 26 heavy (non-hydrogen) atoms. The van der Waals surface area contributed by atoms with Crippen LogP contribution < -0.4 is 20.4 Å². The molecule has 0 unspecified atom stereocenters. The maximum absolute atomic E-state index is 12.1. The van der Waals surface area contributed by atoms with E-state index >= 15 is 0 Å². The van der Waals surface area contributed by atoms with Crippen molar-refractivity contribution in [1.29, 1.82) is 0 Å². The first-order chi connectivity index (χ1) is 12.3. The zero-order chi connectivity index (χ0) is 19.3. The molecule has 0 fully saturated rings. The summed E-state index contributed by atoms with van der Waals surface area (Å²) in [4.78, 5) is 37.8. The summed E-state index contributed by atoms with van der Waals surface area (Å²) >= 11 is 0. The third kappa shape index (κ3) is 4.83. The zero-order valence-electron chi connectivity index (χ0n) is 15.2. The highest BCUT2D eigenvalue weighted by atomic mass is 16.2. The Morgan fingerprint density at radius 2 is 0.962 bits per heavy atom. The molecule has 0 radical (unpaired) electrons. The van der Waals surface area contributed by atoms with Crippen LogP contribution in [-0.2, 0) is 9.59 Å². The number of nitrogens with zero attached hydrogens (tertiary/aromatic N) is 2. The Labute approximate surface area is 152 Å². The largest absolute Gasteiger partial charge is 0.323 e. The number of anilines is 4. The molecule has 0 aliphatic heterocycles. The van der Waals surface area contributed by atoms with Crippen molar-refractivity contribution in [1.82, 2.24) is 0 Å². The molecule has 0 spiro atoms. The van der Waals surface area contributed by atoms with E-state index in [2.05, 4.69) is 10.6 Å². The van der Waals surface area contributed by atoms with Crippen molar-refractivity contribution in [2.45, 2.75) is 13.8 Å². The number of rotatable bonds is 4. The molecular formula is C19H22N4O3. The van der Waals surface area contributed by atoms with Gasteiger partial charge in [-0.3, -0.25) is 9.59 Å². The van der Waals surface area contributed by atoms with Crippen molar-refractivity contribution < 1.29 is 14.4 Å². The van der Waals surface area contributed by atoms with Gasteiger partial charge in [0.2, 0.25) is 11.8 Å². The molecular weight excluding hydrogens is 332 g/mol. The Balaban J connectivity index is 1.96. The lowest BCUT2D eigenvalue weighted by Gasteiger charge is -2.16. The van der Waals surface area contributed by atoms with Gasteiger partial charge in [0.05, 0.1) is 0 Å². The molecule has 0 saturated carbocycles. The third-order valence-corrected chi connectivity index (χ3v) is 3.97. The summed E-state index contributed by atoms with van der Waals surface area (Å²) in [7, 11) is 3.37. The van der Waals surface area contributed by atoms with E-state index in [1.54, 1.807) is 62.6 Å². The molecule has 2 aromatic rings. The fourth-order valence-corrected chi connectivity index (χ4v) is 2.19. The number of hydrogen-bond acceptors (Lipinski definition) is 3. The van der Waals surface area contributed by atoms with Gasteiger partial charge < -0.3 is 20.4 Å². The lowest BCUT2D eigenvalue weighted by molar-refractivity contribution is -0.117. The zero-order valence-corrected chi connectivity index (χ0v) is 15.2. The number of hydrogen-bond donors (Lipinski definition) is 2. The van der Waals surface area contributed by atoms with Gasteiger partial charge in [0.25, 0.3) is 0 Å². The lowest BCUT2D eigenvalue weighted by Crippen LogP contribution is -2.23. The molecule has 2 rings (SSSR count). The van der Waals surface area contributed by atoms with Crippen LogP contribution in [0.25, 0.3) is 0 Å². The minimum atomic E-state index is -0.384. The van der Waals surface area contributed by atoms with E-state index in [9.17, 15) is 14.4 Å². The Bertz CT molecular complexity index is 733. The second-order valence-electron chi connectivity index (χ2n) is 5.83. The van der Waals surface area contributed by atoms with Crippen LogP contribution >= 0.6 is 0 Å². The van der Waals surface area contributed by atoms with Gasteiger partial charge >= 0.3 is 6.03 Å². The van der Waals surface area contributed by atoms with E-state index in [0.717, 1.165) is 11.4 Å². The third-order valence-electron chi connectivity index (χ3n) is 3.97. The molecule has 136 valence electrons. The number of urea groups is 1. The van der Waals surface area contributed by atoms with Crippen LogP contribution in [0.1, 0.15) is 13.8 Å². The average Bonchev–Trinajstić information content (AvgIpc) is 2.61. The highest BCUT2D eigenvalue weighted by Gasteiger charge is 2.08. The van der Waals surface area contributed by atoms with Crippen molar-refractivity contribution in [3.8, 4) is 0 Å². The van der Waals surface area contributed by atoms with Crippen molar-refractivity contribution in [2.24, 2.45) is 0 Å². The van der Waals surface area contributed by atoms with Gasteiger partial charge in [-0.1, -0.05) is 0 Å². The van der Waals surface area contributed by atoms with Gasteiger partial charge in [-0.15, -0.1) is 0 Å². The predicted molar refractivity (Wildman–Crippen MR) is 104 cm³/mol. The quantitative estimate of drug-likeness (QED) is 0.884. The van der Waals surface area contributed by atoms with E-state index in [1.807, 2.05) is 0 Å². The second-order valence-corrected chi connectivity index (χ2v) is 5.83. The van der Waals surface area contributed by atoms with E-state index in [-0.39, 0.29) is 17.8 Å². The van der Waals surface area contributed by atoms with Crippen LogP contribution in [0.15, 0.2) is 48.5 Å². The van der Waals surface area contributed by atoms with Crippen LogP contribution in [0.5, 0.6) is 0 Å². The first-order valence-electron chi connectivity index (χ1n) is 8.04. The minimum Gasteiger partial charge on any atom is -0.316 e. The van der Waals surface area contributed by atoms with Crippen LogP contribution in [-0.4, -0.2) is 31.9 Å². The molecule has 0 aliphatic carbocycles. The maximum Gasteiger partial charge on any atom is 0.323 e. The summed E-state index contributed by atoms with van der Waals surface area (Å²) in [6.45, 7) is 2.97. The standard InChI is InChI=1S/C19H22N4O3/c1-13(24)22(3)17-9-5-15(6-10-17)20-19(26)21-16-7-11-18(12-8-16)23(4)14(2)25/h5-12H,1-4H3,(H2,20,21,26). The summed E-state index contributed by atoms with van der Waals surface area (Å²) in [6, 6.07) is 13.5. The smallest absolute Gasteiger partial charge is 0.316 e. The van der Waals surface area contributed by atoms with Crippen LogP contribution in [0.3, 0.4) is 0 Å². The molecule has 0 bridgehead atoms. The number of nitrogens with one attached hydrogen (secondary N) is 2. The monoisotopic (exact) mass is 354 g/mol. The summed E-state index contributed by atoms with van der Waals surface area (Å²) < 4.78 is 0. The van der Waals surface area contributed by atoms with E-state index < -0.39 is 0 Å². The number of carbonyl (C=O) groups is 3. The Morgan fingerprint density at radius 3 is 1.23 bits per heavy atom. The summed E-state index contributed by atoms with van der Waals surface area (Å²) in [5, 5.41) is 5.45. The van der Waals surface area contributed by atoms with E-state index in [1.165, 1.54) is 23.6 Å². The molecule has 2 aromatic carbocycles. The first-order valence-corrected chi connectivity index (χ1v) is 8.04. The normalized spacial score (nSPS) is 10.0. The second kappa shape index (κ2) is 8.15. The number of carbonyl (C=O) groups excluding carboxylic acids is 3. The fraction of sp³-hybridized carbons (Fsp3) is 0.211. The first kappa shape index (κ1) is 19.0. The molecule has 7 nitrogen and oxygen atoms in total. The van der Waals surface area contributed by atoms with Crippen molar-refractivity contribution >= 4 is 40.6 Å². The van der Waals surface area contributed by atoms with Gasteiger partial charge in [-0.25, -0.2) is 4.79 Å². The lowest BCUT2D eigenvalue weighted by atomic mass is 10.2. The molecule has 2 N–H and O–H groups in total. The maximum atomic E-state index is 12.1.